The molecule has 0 saturated carbocycles. The number of furan rings is 1. The number of para-hydroxylation sites is 1. The van der Waals surface area contributed by atoms with E-state index in [4.69, 9.17) is 21.6 Å². The van der Waals surface area contributed by atoms with Gasteiger partial charge in [-0.3, -0.25) is 9.55 Å². The molecule has 0 bridgehead atoms. The number of benzene rings is 1. The fourth-order valence-corrected chi connectivity index (χ4v) is 5.52. The van der Waals surface area contributed by atoms with Gasteiger partial charge in [-0.25, -0.2) is 4.98 Å². The van der Waals surface area contributed by atoms with E-state index in [2.05, 4.69) is 44.2 Å². The Morgan fingerprint density at radius 3 is 2.75 bits per heavy atom. The van der Waals surface area contributed by atoms with E-state index in [9.17, 15) is 0 Å². The SMILES string of the molecule is S=C1N[C@H](c2ccccn2)[C@@H](c2cccn2-c2nc3ccccc3s2)N1Cc1ccco1. The van der Waals surface area contributed by atoms with Gasteiger partial charge in [-0.15, -0.1) is 0 Å². The van der Waals surface area contributed by atoms with Crippen LogP contribution >= 0.6 is 23.6 Å². The van der Waals surface area contributed by atoms with E-state index in [1.165, 1.54) is 0 Å². The van der Waals surface area contributed by atoms with Crippen LogP contribution in [0.4, 0.5) is 0 Å². The summed E-state index contributed by atoms with van der Waals surface area (Å²) in [7, 11) is 0. The second kappa shape index (κ2) is 7.89. The Labute approximate surface area is 194 Å². The normalized spacial score (nSPS) is 18.4. The second-order valence-corrected chi connectivity index (χ2v) is 9.00. The molecule has 5 aromatic rings. The highest BCUT2D eigenvalue weighted by atomic mass is 32.1. The highest BCUT2D eigenvalue weighted by Gasteiger charge is 2.41. The molecule has 0 amide bonds. The van der Waals surface area contributed by atoms with Crippen LogP contribution in [0.3, 0.4) is 0 Å². The molecule has 2 atom stereocenters. The minimum atomic E-state index is -0.0957. The fraction of sp³-hybridized carbons (Fsp3) is 0.125. The summed E-state index contributed by atoms with van der Waals surface area (Å²) in [6.07, 6.45) is 5.57. The zero-order valence-electron chi connectivity index (χ0n) is 17.0. The van der Waals surface area contributed by atoms with E-state index in [0.29, 0.717) is 11.7 Å². The Morgan fingerprint density at radius 1 is 1.03 bits per heavy atom. The lowest BCUT2D eigenvalue weighted by molar-refractivity contribution is 0.280. The van der Waals surface area contributed by atoms with Gasteiger partial charge in [-0.2, -0.15) is 0 Å². The maximum Gasteiger partial charge on any atom is 0.194 e. The molecule has 6 nitrogen and oxygen atoms in total. The first kappa shape index (κ1) is 19.2. The predicted octanol–water partition coefficient (Wildman–Crippen LogP) is 5.25. The summed E-state index contributed by atoms with van der Waals surface area (Å²) in [6.45, 7) is 0.567. The minimum absolute atomic E-state index is 0.0792. The van der Waals surface area contributed by atoms with Gasteiger partial charge in [0.1, 0.15) is 5.76 Å². The Kier molecular flexibility index (Phi) is 4.74. The molecule has 5 heterocycles. The van der Waals surface area contributed by atoms with E-state index in [1.54, 1.807) is 17.6 Å². The molecule has 1 aliphatic heterocycles. The van der Waals surface area contributed by atoms with Gasteiger partial charge in [0, 0.05) is 12.4 Å². The van der Waals surface area contributed by atoms with E-state index >= 15 is 0 Å². The molecule has 6 rings (SSSR count). The van der Waals surface area contributed by atoms with Crippen LogP contribution in [0.25, 0.3) is 15.3 Å². The van der Waals surface area contributed by atoms with Gasteiger partial charge in [0.05, 0.1) is 46.5 Å². The molecular weight excluding hydrogens is 438 g/mol. The molecule has 1 saturated heterocycles. The number of hydrogen-bond donors (Lipinski definition) is 1. The summed E-state index contributed by atoms with van der Waals surface area (Å²) in [5.74, 6) is 0.860. The van der Waals surface area contributed by atoms with Gasteiger partial charge >= 0.3 is 0 Å². The molecule has 1 aromatic carbocycles. The maximum absolute atomic E-state index is 5.78. The summed E-state index contributed by atoms with van der Waals surface area (Å²) in [6, 6.07) is 22.1. The number of nitrogens with one attached hydrogen (secondary N) is 1. The first-order valence-electron chi connectivity index (χ1n) is 10.3. The van der Waals surface area contributed by atoms with Crippen LogP contribution in [-0.4, -0.2) is 24.5 Å². The zero-order chi connectivity index (χ0) is 21.5. The van der Waals surface area contributed by atoms with Crippen molar-refractivity contribution in [3.05, 3.63) is 103 Å². The highest BCUT2D eigenvalue weighted by Crippen LogP contribution is 2.41. The van der Waals surface area contributed by atoms with Gasteiger partial charge in [0.15, 0.2) is 10.2 Å². The van der Waals surface area contributed by atoms with E-state index in [-0.39, 0.29) is 12.1 Å². The van der Waals surface area contributed by atoms with Gasteiger partial charge in [-0.05, 0) is 60.7 Å². The van der Waals surface area contributed by atoms with Crippen molar-refractivity contribution in [2.45, 2.75) is 18.6 Å². The number of rotatable bonds is 5. The van der Waals surface area contributed by atoms with Crippen molar-refractivity contribution in [3.8, 4) is 5.13 Å². The van der Waals surface area contributed by atoms with Crippen LogP contribution in [0, 0.1) is 0 Å². The van der Waals surface area contributed by atoms with Crippen molar-refractivity contribution in [2.75, 3.05) is 0 Å². The zero-order valence-corrected chi connectivity index (χ0v) is 18.6. The van der Waals surface area contributed by atoms with Crippen molar-refractivity contribution < 1.29 is 4.42 Å². The van der Waals surface area contributed by atoms with Crippen molar-refractivity contribution in [1.29, 1.82) is 0 Å². The number of aromatic nitrogens is 3. The smallest absolute Gasteiger partial charge is 0.194 e. The highest BCUT2D eigenvalue weighted by molar-refractivity contribution is 7.80. The molecule has 1 N–H and O–H groups in total. The molecule has 0 aliphatic carbocycles. The molecular formula is C24H19N5OS2. The maximum atomic E-state index is 5.78. The molecule has 0 unspecified atom stereocenters. The van der Waals surface area contributed by atoms with Gasteiger partial charge in [0.25, 0.3) is 0 Å². The summed E-state index contributed by atoms with van der Waals surface area (Å²) in [4.78, 5) is 11.7. The van der Waals surface area contributed by atoms with Crippen molar-refractivity contribution >= 4 is 38.9 Å². The Balaban J connectivity index is 1.47. The molecule has 158 valence electrons. The molecule has 4 aromatic heterocycles. The Bertz CT molecular complexity index is 1340. The van der Waals surface area contributed by atoms with Gasteiger partial charge in [0.2, 0.25) is 0 Å². The second-order valence-electron chi connectivity index (χ2n) is 7.60. The van der Waals surface area contributed by atoms with Crippen LogP contribution in [-0.2, 0) is 6.54 Å². The van der Waals surface area contributed by atoms with Gasteiger partial charge < -0.3 is 14.6 Å². The van der Waals surface area contributed by atoms with Crippen molar-refractivity contribution in [1.82, 2.24) is 24.8 Å². The van der Waals surface area contributed by atoms with Crippen molar-refractivity contribution in [2.24, 2.45) is 0 Å². The number of nitrogens with zero attached hydrogens (tertiary/aromatic N) is 4. The fourth-order valence-electron chi connectivity index (χ4n) is 4.24. The summed E-state index contributed by atoms with van der Waals surface area (Å²) in [5.41, 5.74) is 3.04. The molecule has 1 fully saturated rings. The van der Waals surface area contributed by atoms with Gasteiger partial charge in [-0.1, -0.05) is 29.5 Å². The van der Waals surface area contributed by atoms with E-state index < -0.39 is 0 Å². The first-order valence-corrected chi connectivity index (χ1v) is 11.5. The lowest BCUT2D eigenvalue weighted by atomic mass is 10.0. The quantitative estimate of drug-likeness (QED) is 0.364. The number of thiazole rings is 1. The number of hydrogen-bond acceptors (Lipinski definition) is 5. The minimum Gasteiger partial charge on any atom is -0.467 e. The van der Waals surface area contributed by atoms with Crippen LogP contribution < -0.4 is 5.32 Å². The third-order valence-corrected chi connectivity index (χ3v) is 7.06. The predicted molar refractivity (Wildman–Crippen MR) is 129 cm³/mol. The monoisotopic (exact) mass is 457 g/mol. The summed E-state index contributed by atoms with van der Waals surface area (Å²) in [5, 5.41) is 5.11. The average Bonchev–Trinajstić information content (AvgIpc) is 3.61. The molecule has 0 spiro atoms. The van der Waals surface area contributed by atoms with Crippen molar-refractivity contribution in [3.63, 3.8) is 0 Å². The molecule has 32 heavy (non-hydrogen) atoms. The third kappa shape index (κ3) is 3.28. The third-order valence-electron chi connectivity index (χ3n) is 5.68. The lowest BCUT2D eigenvalue weighted by Gasteiger charge is -2.27. The standard InChI is InChI=1S/C24H19N5OS2/c31-23-27-21(18-9-3-4-12-25-18)22(29(23)15-16-7-6-14-30-16)19-10-5-13-28(19)24-26-17-8-1-2-11-20(17)32-24/h1-14,21-22H,15H2,(H,27,31)/t21-,22-/m1/s1. The molecule has 1 aliphatic rings. The Morgan fingerprint density at radius 2 is 1.94 bits per heavy atom. The van der Waals surface area contributed by atoms with E-state index in [0.717, 1.165) is 32.5 Å². The number of pyridine rings is 1. The lowest BCUT2D eigenvalue weighted by Crippen LogP contribution is -2.29. The Hall–Kier alpha value is -3.49. The van der Waals surface area contributed by atoms with E-state index in [1.807, 2.05) is 54.7 Å². The summed E-state index contributed by atoms with van der Waals surface area (Å²) < 4.78 is 8.97. The number of thiocarbonyl (C=S) groups is 1. The van der Waals surface area contributed by atoms with Crippen LogP contribution in [0.1, 0.15) is 29.2 Å². The molecule has 8 heteroatoms. The number of fused-ring (bicyclic) bond motifs is 1. The summed E-state index contributed by atoms with van der Waals surface area (Å²) >= 11 is 7.46. The average molecular weight is 458 g/mol. The van der Waals surface area contributed by atoms with Crippen LogP contribution in [0.5, 0.6) is 0 Å². The molecule has 0 radical (unpaired) electrons. The first-order chi connectivity index (χ1) is 15.8. The largest absolute Gasteiger partial charge is 0.467 e. The van der Waals surface area contributed by atoms with Crippen LogP contribution in [0.2, 0.25) is 0 Å². The topological polar surface area (TPSA) is 59.1 Å². The van der Waals surface area contributed by atoms with Crippen LogP contribution in [0.15, 0.2) is 89.8 Å².